The van der Waals surface area contributed by atoms with Gasteiger partial charge in [0.1, 0.15) is 11.6 Å². The number of aliphatic hydroxyl groups excluding tert-OH is 1. The first-order valence-electron chi connectivity index (χ1n) is 13.3. The van der Waals surface area contributed by atoms with E-state index in [2.05, 4.69) is 28.7 Å². The van der Waals surface area contributed by atoms with E-state index in [0.29, 0.717) is 28.8 Å². The van der Waals surface area contributed by atoms with Gasteiger partial charge in [-0.3, -0.25) is 9.80 Å². The van der Waals surface area contributed by atoms with Gasteiger partial charge in [0.15, 0.2) is 0 Å². The molecule has 1 fully saturated rings. The lowest BCUT2D eigenvalue weighted by molar-refractivity contribution is 0.100. The lowest BCUT2D eigenvalue weighted by Crippen LogP contribution is -2.35. The molecule has 0 saturated carbocycles. The van der Waals surface area contributed by atoms with Crippen molar-refractivity contribution >= 4 is 34.5 Å². The van der Waals surface area contributed by atoms with Gasteiger partial charge in [0.2, 0.25) is 0 Å². The Morgan fingerprint density at radius 1 is 1.28 bits per heavy atom. The van der Waals surface area contributed by atoms with Gasteiger partial charge in [-0.15, -0.1) is 11.3 Å². The van der Waals surface area contributed by atoms with Crippen LogP contribution in [-0.4, -0.2) is 46.4 Å². The van der Waals surface area contributed by atoms with Crippen molar-refractivity contribution in [2.75, 3.05) is 24.6 Å². The SMILES string of the molecule is Cc1ccc(C(=O)N=C(N)/C=C(\O)C(C)(C)C)cc1N(N)/C=C(\N)c1cnc(C2CCN(CC(C)C)CC2)s1. The van der Waals surface area contributed by atoms with Gasteiger partial charge in [0, 0.05) is 41.9 Å². The number of likely N-dealkylation sites (tertiary alicyclic amines) is 1. The number of amidine groups is 1. The molecule has 3 rings (SSSR count). The summed E-state index contributed by atoms with van der Waals surface area (Å²) in [6.07, 6.45) is 6.95. The number of nitrogens with zero attached hydrogens (tertiary/aromatic N) is 4. The summed E-state index contributed by atoms with van der Waals surface area (Å²) in [5.74, 6) is 6.92. The minimum atomic E-state index is -0.538. The van der Waals surface area contributed by atoms with Gasteiger partial charge >= 0.3 is 0 Å². The number of amides is 1. The van der Waals surface area contributed by atoms with Gasteiger partial charge in [-0.25, -0.2) is 10.8 Å². The lowest BCUT2D eigenvalue weighted by Gasteiger charge is -2.32. The number of carbonyl (C=O) groups excluding carboxylic acids is 1. The first kappa shape index (κ1) is 30.3. The third kappa shape index (κ3) is 8.39. The highest BCUT2D eigenvalue weighted by Crippen LogP contribution is 2.33. The molecule has 0 radical (unpaired) electrons. The number of thiazole rings is 1. The predicted octanol–water partition coefficient (Wildman–Crippen LogP) is 4.91. The maximum Gasteiger partial charge on any atom is 0.279 e. The summed E-state index contributed by atoms with van der Waals surface area (Å²) >= 11 is 1.61. The van der Waals surface area contributed by atoms with Crippen LogP contribution in [0.3, 0.4) is 0 Å². The molecule has 0 unspecified atom stereocenters. The maximum atomic E-state index is 12.8. The zero-order valence-corrected chi connectivity index (χ0v) is 24.8. The monoisotopic (exact) mass is 553 g/mol. The average Bonchev–Trinajstić information content (AvgIpc) is 3.34. The molecule has 1 aliphatic rings. The van der Waals surface area contributed by atoms with E-state index in [9.17, 15) is 9.90 Å². The molecule has 0 spiro atoms. The molecule has 2 aromatic rings. The first-order chi connectivity index (χ1) is 18.2. The van der Waals surface area contributed by atoms with Crippen LogP contribution in [0.4, 0.5) is 5.69 Å². The first-order valence-corrected chi connectivity index (χ1v) is 14.2. The molecule has 1 amide bonds. The summed E-state index contributed by atoms with van der Waals surface area (Å²) in [5.41, 5.74) is 14.1. The van der Waals surface area contributed by atoms with Gasteiger partial charge < -0.3 is 21.5 Å². The predicted molar refractivity (Wildman–Crippen MR) is 161 cm³/mol. The molecule has 1 aliphatic heterocycles. The number of anilines is 1. The number of aryl methyl sites for hydroxylation is 1. The number of rotatable bonds is 8. The number of aliphatic imine (C=N–C) groups is 1. The molecule has 212 valence electrons. The summed E-state index contributed by atoms with van der Waals surface area (Å²) < 4.78 is 0. The van der Waals surface area contributed by atoms with Gasteiger partial charge in [-0.1, -0.05) is 40.7 Å². The molecule has 1 aromatic carbocycles. The van der Waals surface area contributed by atoms with E-state index in [4.69, 9.17) is 17.3 Å². The van der Waals surface area contributed by atoms with E-state index in [1.54, 1.807) is 35.7 Å². The number of hydrogen-bond donors (Lipinski definition) is 4. The summed E-state index contributed by atoms with van der Waals surface area (Å²) in [7, 11) is 0. The van der Waals surface area contributed by atoms with Crippen LogP contribution >= 0.6 is 11.3 Å². The molecular weight excluding hydrogens is 510 g/mol. The number of carbonyl (C=O) groups is 1. The van der Waals surface area contributed by atoms with Crippen LogP contribution in [0.15, 0.2) is 47.4 Å². The van der Waals surface area contributed by atoms with Crippen LogP contribution in [0.5, 0.6) is 0 Å². The maximum absolute atomic E-state index is 12.8. The summed E-state index contributed by atoms with van der Waals surface area (Å²) in [6.45, 7) is 15.2. The van der Waals surface area contributed by atoms with Crippen molar-refractivity contribution in [2.24, 2.45) is 33.6 Å². The van der Waals surface area contributed by atoms with E-state index in [0.717, 1.165) is 47.9 Å². The molecule has 0 aliphatic carbocycles. The van der Waals surface area contributed by atoms with Gasteiger partial charge in [-0.05, 0) is 56.5 Å². The van der Waals surface area contributed by atoms with Gasteiger partial charge in [0.05, 0.1) is 21.3 Å². The summed E-state index contributed by atoms with van der Waals surface area (Å²) in [5, 5.41) is 12.6. The average molecular weight is 554 g/mol. The molecule has 0 bridgehead atoms. The number of nitrogens with two attached hydrogens (primary N) is 3. The minimum Gasteiger partial charge on any atom is -0.512 e. The van der Waals surface area contributed by atoms with E-state index < -0.39 is 11.3 Å². The minimum absolute atomic E-state index is 0.0395. The third-order valence-corrected chi connectivity index (χ3v) is 7.87. The van der Waals surface area contributed by atoms with E-state index in [-0.39, 0.29) is 11.6 Å². The number of aliphatic hydroxyl groups is 1. The Morgan fingerprint density at radius 3 is 2.56 bits per heavy atom. The Kier molecular flexibility index (Phi) is 9.93. The Hall–Kier alpha value is -3.21. The lowest BCUT2D eigenvalue weighted by atomic mass is 9.93. The van der Waals surface area contributed by atoms with Crippen molar-refractivity contribution in [3.63, 3.8) is 0 Å². The van der Waals surface area contributed by atoms with Crippen LogP contribution in [0.25, 0.3) is 5.70 Å². The second-order valence-electron chi connectivity index (χ2n) is 11.6. The number of hydrazine groups is 1. The van der Waals surface area contributed by atoms with Crippen molar-refractivity contribution in [3.05, 3.63) is 63.4 Å². The molecule has 9 nitrogen and oxygen atoms in total. The zero-order chi connectivity index (χ0) is 28.9. The van der Waals surface area contributed by atoms with Crippen LogP contribution in [-0.2, 0) is 0 Å². The Morgan fingerprint density at radius 2 is 1.95 bits per heavy atom. The standard InChI is InChI=1S/C29H43N7O2S/c1-18(2)16-35-11-9-20(10-12-35)28-33-15-24(39-28)22(30)17-36(32)23-13-21(8-7-19(23)3)27(38)34-26(31)14-25(37)29(4,5)6/h7-8,13-15,17-18,20,37H,9-12,16,30,32H2,1-6H3,(H2,31,34,38)/b22-17-,25-14-. The van der Waals surface area contributed by atoms with Crippen molar-refractivity contribution in [3.8, 4) is 0 Å². The largest absolute Gasteiger partial charge is 0.512 e. The molecule has 10 heteroatoms. The van der Waals surface area contributed by atoms with E-state index in [1.165, 1.54) is 11.1 Å². The fourth-order valence-electron chi connectivity index (χ4n) is 4.36. The molecule has 1 aromatic heterocycles. The molecular formula is C29H43N7O2S. The summed E-state index contributed by atoms with van der Waals surface area (Å²) in [6, 6.07) is 5.10. The van der Waals surface area contributed by atoms with Crippen LogP contribution in [0.1, 0.15) is 79.2 Å². The zero-order valence-electron chi connectivity index (χ0n) is 23.9. The molecule has 7 N–H and O–H groups in total. The smallest absolute Gasteiger partial charge is 0.279 e. The van der Waals surface area contributed by atoms with Crippen LogP contribution in [0, 0.1) is 18.3 Å². The molecule has 0 atom stereocenters. The number of piperidine rings is 1. The summed E-state index contributed by atoms with van der Waals surface area (Å²) in [4.78, 5) is 24.7. The Balaban J connectivity index is 1.72. The highest BCUT2D eigenvalue weighted by atomic mass is 32.1. The normalized spacial score (nSPS) is 16.7. The van der Waals surface area contributed by atoms with Gasteiger partial charge in [0.25, 0.3) is 5.91 Å². The van der Waals surface area contributed by atoms with E-state index in [1.807, 2.05) is 33.9 Å². The van der Waals surface area contributed by atoms with Crippen molar-refractivity contribution < 1.29 is 9.90 Å². The fourth-order valence-corrected chi connectivity index (χ4v) is 5.37. The van der Waals surface area contributed by atoms with Crippen LogP contribution < -0.4 is 22.3 Å². The van der Waals surface area contributed by atoms with Crippen molar-refractivity contribution in [2.45, 2.75) is 60.3 Å². The topological polar surface area (TPSA) is 147 Å². The molecule has 1 saturated heterocycles. The Bertz CT molecular complexity index is 1250. The highest BCUT2D eigenvalue weighted by Gasteiger charge is 2.24. The quantitative estimate of drug-likeness (QED) is 0.119. The number of aromatic nitrogens is 1. The molecule has 2 heterocycles. The second kappa shape index (κ2) is 12.8. The van der Waals surface area contributed by atoms with E-state index >= 15 is 0 Å². The number of benzene rings is 1. The fraction of sp³-hybridized carbons (Fsp3) is 0.483. The van der Waals surface area contributed by atoms with Gasteiger partial charge in [-0.2, -0.15) is 4.99 Å². The molecule has 39 heavy (non-hydrogen) atoms. The number of hydrogen-bond acceptors (Lipinski definition) is 8. The van der Waals surface area contributed by atoms with Crippen molar-refractivity contribution in [1.29, 1.82) is 0 Å². The second-order valence-corrected chi connectivity index (χ2v) is 12.7. The third-order valence-electron chi connectivity index (χ3n) is 6.66. The number of allylic oxidation sites excluding steroid dienone is 1. The van der Waals surface area contributed by atoms with Crippen LogP contribution in [0.2, 0.25) is 0 Å². The Labute approximate surface area is 236 Å². The highest BCUT2D eigenvalue weighted by molar-refractivity contribution is 7.12. The van der Waals surface area contributed by atoms with Crippen molar-refractivity contribution in [1.82, 2.24) is 9.88 Å².